The lowest BCUT2D eigenvalue weighted by Gasteiger charge is -2.33. The van der Waals surface area contributed by atoms with Crippen LogP contribution in [0, 0.1) is 0 Å². The van der Waals surface area contributed by atoms with Gasteiger partial charge in [0.1, 0.15) is 5.75 Å². The molecule has 0 aromatic heterocycles. The molecule has 1 saturated heterocycles. The molecule has 29 heavy (non-hydrogen) atoms. The van der Waals surface area contributed by atoms with E-state index in [9.17, 15) is 18.0 Å². The molecule has 1 N–H and O–H groups in total. The number of nitrogens with zero attached hydrogens (tertiary/aromatic N) is 2. The molecule has 1 aromatic rings. The molecule has 162 valence electrons. The summed E-state index contributed by atoms with van der Waals surface area (Å²) in [4.78, 5) is 27.3. The lowest BCUT2D eigenvalue weighted by Crippen LogP contribution is -2.51. The van der Waals surface area contributed by atoms with E-state index in [1.54, 1.807) is 23.6 Å². The van der Waals surface area contributed by atoms with Crippen LogP contribution in [0.2, 0.25) is 0 Å². The average Bonchev–Trinajstić information content (AvgIpc) is 2.72. The molecule has 9 nitrogen and oxygen atoms in total. The molecule has 1 aliphatic heterocycles. The first-order valence-electron chi connectivity index (χ1n) is 9.71. The molecule has 1 heterocycles. The lowest BCUT2D eigenvalue weighted by atomic mass is 10.3. The molecule has 0 spiro atoms. The first-order chi connectivity index (χ1) is 13.8. The minimum Gasteiger partial charge on any atom is -0.484 e. The van der Waals surface area contributed by atoms with Gasteiger partial charge in [0, 0.05) is 32.2 Å². The van der Waals surface area contributed by atoms with Crippen molar-refractivity contribution in [3.63, 3.8) is 0 Å². The summed E-state index contributed by atoms with van der Waals surface area (Å²) in [5.74, 6) is 0.217. The fourth-order valence-electron chi connectivity index (χ4n) is 2.72. The van der Waals surface area contributed by atoms with E-state index < -0.39 is 10.0 Å². The van der Waals surface area contributed by atoms with Crippen molar-refractivity contribution in [2.24, 2.45) is 0 Å². The maximum absolute atomic E-state index is 12.3. The maximum Gasteiger partial charge on any atom is 0.409 e. The van der Waals surface area contributed by atoms with Crippen molar-refractivity contribution in [1.29, 1.82) is 0 Å². The monoisotopic (exact) mass is 427 g/mol. The highest BCUT2D eigenvalue weighted by molar-refractivity contribution is 7.89. The summed E-state index contributed by atoms with van der Waals surface area (Å²) in [5.41, 5.74) is 0. The summed E-state index contributed by atoms with van der Waals surface area (Å²) in [6.07, 6.45) is 0.324. The van der Waals surface area contributed by atoms with Crippen molar-refractivity contribution in [3.05, 3.63) is 24.3 Å². The number of sulfonamides is 1. The Morgan fingerprint density at radius 3 is 2.21 bits per heavy atom. The molecule has 1 fully saturated rings. The molecular formula is C19H29N3O6S. The van der Waals surface area contributed by atoms with E-state index >= 15 is 0 Å². The Bertz CT molecular complexity index is 789. The summed E-state index contributed by atoms with van der Waals surface area (Å²) in [5, 5.41) is 0. The van der Waals surface area contributed by atoms with Crippen LogP contribution < -0.4 is 9.46 Å². The van der Waals surface area contributed by atoms with Crippen molar-refractivity contribution in [1.82, 2.24) is 14.5 Å². The van der Waals surface area contributed by atoms with E-state index in [2.05, 4.69) is 4.72 Å². The molecule has 0 saturated carbocycles. The minimum absolute atomic E-state index is 0.145. The third-order valence-electron chi connectivity index (χ3n) is 4.62. The van der Waals surface area contributed by atoms with Crippen LogP contribution in [0.5, 0.6) is 5.75 Å². The van der Waals surface area contributed by atoms with Crippen molar-refractivity contribution in [2.45, 2.75) is 38.1 Å². The molecule has 2 rings (SSSR count). The number of hydrogen-bond donors (Lipinski definition) is 1. The number of amides is 2. The van der Waals surface area contributed by atoms with Crippen LogP contribution in [0.4, 0.5) is 4.79 Å². The van der Waals surface area contributed by atoms with Crippen LogP contribution in [0.25, 0.3) is 0 Å². The Labute approximate surface area is 172 Å². The number of ether oxygens (including phenoxy) is 2. The average molecular weight is 428 g/mol. The molecule has 1 atom stereocenters. The largest absolute Gasteiger partial charge is 0.484 e. The van der Waals surface area contributed by atoms with Crippen LogP contribution in [-0.4, -0.2) is 75.7 Å². The molecule has 10 heteroatoms. The van der Waals surface area contributed by atoms with Crippen LogP contribution in [0.3, 0.4) is 0 Å². The number of carbonyl (C=O) groups excluding carboxylic acids is 2. The van der Waals surface area contributed by atoms with E-state index in [1.165, 1.54) is 24.3 Å². The second kappa shape index (κ2) is 10.4. The van der Waals surface area contributed by atoms with Gasteiger partial charge in [-0.15, -0.1) is 0 Å². The minimum atomic E-state index is -3.58. The first-order valence-corrected chi connectivity index (χ1v) is 11.2. The summed E-state index contributed by atoms with van der Waals surface area (Å²) in [6.45, 7) is 7.28. The van der Waals surface area contributed by atoms with Crippen LogP contribution in [0.15, 0.2) is 29.2 Å². The summed E-state index contributed by atoms with van der Waals surface area (Å²) in [7, 11) is -3.58. The standard InChI is InChI=1S/C19H29N3O6S/c1-4-15(3)20-29(25,26)17-8-6-16(7-9-17)28-14-18(23)21-10-12-22(13-11-21)19(24)27-5-2/h6-9,15,20H,4-5,10-14H2,1-3H3/t15-/m1/s1. The zero-order valence-electron chi connectivity index (χ0n) is 17.1. The van der Waals surface area contributed by atoms with E-state index in [-0.39, 0.29) is 29.5 Å². The Morgan fingerprint density at radius 1 is 1.07 bits per heavy atom. The van der Waals surface area contributed by atoms with Gasteiger partial charge in [-0.3, -0.25) is 4.79 Å². The predicted molar refractivity (Wildman–Crippen MR) is 107 cm³/mol. The topological polar surface area (TPSA) is 105 Å². The molecule has 0 radical (unpaired) electrons. The molecular weight excluding hydrogens is 398 g/mol. The molecule has 1 aromatic carbocycles. The third-order valence-corrected chi connectivity index (χ3v) is 6.23. The molecule has 2 amide bonds. The van der Waals surface area contributed by atoms with Gasteiger partial charge >= 0.3 is 6.09 Å². The Morgan fingerprint density at radius 2 is 1.66 bits per heavy atom. The van der Waals surface area contributed by atoms with E-state index in [0.717, 1.165) is 0 Å². The number of hydrogen-bond acceptors (Lipinski definition) is 6. The van der Waals surface area contributed by atoms with Gasteiger partial charge in [0.25, 0.3) is 5.91 Å². The first kappa shape index (κ1) is 23.0. The van der Waals surface area contributed by atoms with E-state index in [0.29, 0.717) is 45.0 Å². The van der Waals surface area contributed by atoms with E-state index in [4.69, 9.17) is 9.47 Å². The smallest absolute Gasteiger partial charge is 0.409 e. The van der Waals surface area contributed by atoms with Gasteiger partial charge in [-0.1, -0.05) is 6.92 Å². The summed E-state index contributed by atoms with van der Waals surface area (Å²) in [6, 6.07) is 5.79. The summed E-state index contributed by atoms with van der Waals surface area (Å²) < 4.78 is 37.5. The fraction of sp³-hybridized carbons (Fsp3) is 0.579. The van der Waals surface area contributed by atoms with E-state index in [1.807, 2.05) is 6.92 Å². The predicted octanol–water partition coefficient (Wildman–Crippen LogP) is 1.44. The second-order valence-corrected chi connectivity index (χ2v) is 8.47. The number of rotatable bonds is 8. The zero-order valence-corrected chi connectivity index (χ0v) is 17.9. The van der Waals surface area contributed by atoms with Crippen LogP contribution >= 0.6 is 0 Å². The van der Waals surface area contributed by atoms with Gasteiger partial charge in [0.2, 0.25) is 10.0 Å². The fourth-order valence-corrected chi connectivity index (χ4v) is 4.05. The zero-order chi connectivity index (χ0) is 21.4. The SMILES string of the molecule is CCOC(=O)N1CCN(C(=O)COc2ccc(S(=O)(=O)N[C@H](C)CC)cc2)CC1. The van der Waals surface area contributed by atoms with Crippen molar-refractivity contribution >= 4 is 22.0 Å². The molecule has 1 aliphatic rings. The second-order valence-electron chi connectivity index (χ2n) is 6.76. The number of nitrogens with one attached hydrogen (secondary N) is 1. The highest BCUT2D eigenvalue weighted by Gasteiger charge is 2.25. The van der Waals surface area contributed by atoms with Gasteiger partial charge in [-0.2, -0.15) is 0 Å². The van der Waals surface area contributed by atoms with Crippen molar-refractivity contribution in [2.75, 3.05) is 39.4 Å². The highest BCUT2D eigenvalue weighted by atomic mass is 32.2. The van der Waals surface area contributed by atoms with Crippen LogP contribution in [0.1, 0.15) is 27.2 Å². The molecule has 0 unspecified atom stereocenters. The van der Waals surface area contributed by atoms with Gasteiger partial charge < -0.3 is 19.3 Å². The number of carbonyl (C=O) groups is 2. The molecule has 0 bridgehead atoms. The van der Waals surface area contributed by atoms with Gasteiger partial charge in [-0.05, 0) is 44.5 Å². The van der Waals surface area contributed by atoms with Crippen molar-refractivity contribution < 1.29 is 27.5 Å². The normalized spacial score (nSPS) is 15.7. The number of benzene rings is 1. The number of piperazine rings is 1. The van der Waals surface area contributed by atoms with Gasteiger partial charge in [0.15, 0.2) is 6.61 Å². The van der Waals surface area contributed by atoms with Crippen molar-refractivity contribution in [3.8, 4) is 5.75 Å². The van der Waals surface area contributed by atoms with Gasteiger partial charge in [-0.25, -0.2) is 17.9 Å². The quantitative estimate of drug-likeness (QED) is 0.673. The Kier molecular flexibility index (Phi) is 8.27. The Balaban J connectivity index is 1.83. The maximum atomic E-state index is 12.3. The lowest BCUT2D eigenvalue weighted by molar-refractivity contribution is -0.134. The summed E-state index contributed by atoms with van der Waals surface area (Å²) >= 11 is 0. The highest BCUT2D eigenvalue weighted by Crippen LogP contribution is 2.17. The molecule has 0 aliphatic carbocycles. The third kappa shape index (κ3) is 6.60. The van der Waals surface area contributed by atoms with Gasteiger partial charge in [0.05, 0.1) is 11.5 Å². The Hall–Kier alpha value is -2.33. The van der Waals surface area contributed by atoms with Crippen LogP contribution in [-0.2, 0) is 19.6 Å².